The number of nitrogens with zero attached hydrogens (tertiary/aromatic N) is 2. The Morgan fingerprint density at radius 3 is 3.06 bits per heavy atom. The van der Waals surface area contributed by atoms with Gasteiger partial charge in [0.25, 0.3) is 0 Å². The highest BCUT2D eigenvalue weighted by Gasteiger charge is 2.28. The van der Waals surface area contributed by atoms with Gasteiger partial charge in [0, 0.05) is 36.4 Å². The Labute approximate surface area is 191 Å². The van der Waals surface area contributed by atoms with Gasteiger partial charge >= 0.3 is 6.09 Å². The SMILES string of the molecule is Nc1c(NC(=O)/C=C/c2cccnc2)sc2c1CC[C@@H](COC(=O)N1CCCC(O)C1)C2. The number of rotatable bonds is 5. The summed E-state index contributed by atoms with van der Waals surface area (Å²) < 4.78 is 5.53. The third kappa shape index (κ3) is 5.46. The second-order valence-corrected chi connectivity index (χ2v) is 9.39. The van der Waals surface area contributed by atoms with Crippen LogP contribution in [0, 0.1) is 5.92 Å². The molecular formula is C23H28N4O4S. The zero-order valence-electron chi connectivity index (χ0n) is 17.8. The van der Waals surface area contributed by atoms with Crippen molar-refractivity contribution in [3.8, 4) is 0 Å². The number of ether oxygens (including phenoxy) is 1. The van der Waals surface area contributed by atoms with Crippen LogP contribution in [0.15, 0.2) is 30.6 Å². The number of aliphatic hydroxyl groups excluding tert-OH is 1. The molecule has 1 fully saturated rings. The van der Waals surface area contributed by atoms with E-state index in [1.54, 1.807) is 23.4 Å². The van der Waals surface area contributed by atoms with Crippen molar-refractivity contribution in [2.24, 2.45) is 5.92 Å². The number of piperidine rings is 1. The number of anilines is 2. The van der Waals surface area contributed by atoms with Gasteiger partial charge in [0.1, 0.15) is 5.00 Å². The first-order chi connectivity index (χ1) is 15.5. The van der Waals surface area contributed by atoms with Crippen LogP contribution in [0.5, 0.6) is 0 Å². The largest absolute Gasteiger partial charge is 0.449 e. The molecule has 0 bridgehead atoms. The number of nitrogen functional groups attached to an aromatic ring is 1. The molecule has 170 valence electrons. The van der Waals surface area contributed by atoms with Gasteiger partial charge in [-0.2, -0.15) is 0 Å². The van der Waals surface area contributed by atoms with E-state index >= 15 is 0 Å². The Morgan fingerprint density at radius 1 is 1.41 bits per heavy atom. The molecule has 2 amide bonds. The number of β-amino-alcohol motifs (C(OH)–C–C–N with tert-alkyl or cyclic N) is 1. The van der Waals surface area contributed by atoms with Crippen molar-refractivity contribution in [2.75, 3.05) is 30.7 Å². The van der Waals surface area contributed by atoms with E-state index in [2.05, 4.69) is 10.3 Å². The smallest absolute Gasteiger partial charge is 0.409 e. The Balaban J connectivity index is 1.31. The molecule has 1 unspecified atom stereocenters. The normalized spacial score (nSPS) is 20.7. The summed E-state index contributed by atoms with van der Waals surface area (Å²) in [5, 5.41) is 13.3. The van der Waals surface area contributed by atoms with Crippen LogP contribution < -0.4 is 11.1 Å². The average Bonchev–Trinajstić information content (AvgIpc) is 3.11. The van der Waals surface area contributed by atoms with E-state index in [0.29, 0.717) is 30.4 Å². The third-order valence-electron chi connectivity index (χ3n) is 5.85. The molecule has 0 aromatic carbocycles. The van der Waals surface area contributed by atoms with Gasteiger partial charge in [0.2, 0.25) is 5.91 Å². The van der Waals surface area contributed by atoms with E-state index in [1.165, 1.54) is 17.4 Å². The molecule has 9 heteroatoms. The Hall–Kier alpha value is -2.91. The molecule has 0 radical (unpaired) electrons. The van der Waals surface area contributed by atoms with Crippen molar-refractivity contribution in [3.05, 3.63) is 46.6 Å². The minimum absolute atomic E-state index is 0.216. The standard InChI is InChI=1S/C23H28N4O4S/c24-21-18-7-5-16(14-31-23(30)27-10-2-4-17(28)13-27)11-19(18)32-22(21)26-20(29)8-6-15-3-1-9-25-12-15/h1,3,6,8-9,12,16-17,28H,2,4-5,7,10-11,13-14,24H2,(H,26,29)/b8-6+/t16-,17?/m1/s1. The van der Waals surface area contributed by atoms with Crippen LogP contribution in [0.1, 0.15) is 35.3 Å². The van der Waals surface area contributed by atoms with Gasteiger partial charge in [-0.25, -0.2) is 4.79 Å². The number of hydrogen-bond acceptors (Lipinski definition) is 7. The van der Waals surface area contributed by atoms with E-state index in [9.17, 15) is 14.7 Å². The van der Waals surface area contributed by atoms with Gasteiger partial charge in [0.05, 0.1) is 18.4 Å². The van der Waals surface area contributed by atoms with E-state index in [-0.39, 0.29) is 17.9 Å². The zero-order valence-corrected chi connectivity index (χ0v) is 18.6. The number of fused-ring (bicyclic) bond motifs is 1. The Morgan fingerprint density at radius 2 is 2.28 bits per heavy atom. The number of aromatic nitrogens is 1. The monoisotopic (exact) mass is 456 g/mol. The summed E-state index contributed by atoms with van der Waals surface area (Å²) in [6.45, 7) is 1.32. The van der Waals surface area contributed by atoms with Crippen molar-refractivity contribution in [1.29, 1.82) is 0 Å². The van der Waals surface area contributed by atoms with E-state index in [4.69, 9.17) is 10.5 Å². The molecule has 2 aromatic rings. The first kappa shape index (κ1) is 22.3. The number of nitrogens with two attached hydrogens (primary N) is 1. The molecule has 2 aromatic heterocycles. The quantitative estimate of drug-likeness (QED) is 0.595. The lowest BCUT2D eigenvalue weighted by Gasteiger charge is -2.30. The van der Waals surface area contributed by atoms with E-state index in [0.717, 1.165) is 48.1 Å². The van der Waals surface area contributed by atoms with Crippen LogP contribution in [0.25, 0.3) is 6.08 Å². The zero-order chi connectivity index (χ0) is 22.5. The highest BCUT2D eigenvalue weighted by molar-refractivity contribution is 7.17. The topological polar surface area (TPSA) is 118 Å². The van der Waals surface area contributed by atoms with Crippen LogP contribution in [0.3, 0.4) is 0 Å². The summed E-state index contributed by atoms with van der Waals surface area (Å²) in [5.41, 5.74) is 8.87. The van der Waals surface area contributed by atoms with Crippen molar-refractivity contribution in [3.63, 3.8) is 0 Å². The molecule has 1 saturated heterocycles. The molecule has 8 nitrogen and oxygen atoms in total. The number of carbonyl (C=O) groups excluding carboxylic acids is 2. The first-order valence-electron chi connectivity index (χ1n) is 10.9. The molecule has 4 rings (SSSR count). The van der Waals surface area contributed by atoms with Crippen molar-refractivity contribution in [2.45, 2.75) is 38.2 Å². The molecule has 0 saturated carbocycles. The maximum absolute atomic E-state index is 12.3. The second kappa shape index (κ2) is 10.1. The number of pyridine rings is 1. The highest BCUT2D eigenvalue weighted by atomic mass is 32.1. The Kier molecular flexibility index (Phi) is 7.06. The summed E-state index contributed by atoms with van der Waals surface area (Å²) in [6, 6.07) is 3.68. The van der Waals surface area contributed by atoms with Crippen molar-refractivity contribution in [1.82, 2.24) is 9.88 Å². The molecule has 0 spiro atoms. The molecule has 1 aliphatic carbocycles. The molecule has 3 heterocycles. The summed E-state index contributed by atoms with van der Waals surface area (Å²) in [5.74, 6) is -0.0263. The van der Waals surface area contributed by atoms with E-state index in [1.807, 2.05) is 12.1 Å². The predicted octanol–water partition coefficient (Wildman–Crippen LogP) is 3.08. The third-order valence-corrected chi connectivity index (χ3v) is 7.04. The van der Waals surface area contributed by atoms with Crippen molar-refractivity contribution >= 4 is 40.1 Å². The molecule has 32 heavy (non-hydrogen) atoms. The Bertz CT molecular complexity index is 991. The van der Waals surface area contributed by atoms with Crippen LogP contribution in [0.4, 0.5) is 15.5 Å². The molecule has 4 N–H and O–H groups in total. The predicted molar refractivity (Wildman–Crippen MR) is 124 cm³/mol. The van der Waals surface area contributed by atoms with Gasteiger partial charge in [-0.15, -0.1) is 11.3 Å². The van der Waals surface area contributed by atoms with Crippen LogP contribution in [-0.4, -0.2) is 52.8 Å². The van der Waals surface area contributed by atoms with E-state index < -0.39 is 6.10 Å². The maximum atomic E-state index is 12.3. The number of nitrogens with one attached hydrogen (secondary N) is 1. The van der Waals surface area contributed by atoms with Crippen molar-refractivity contribution < 1.29 is 19.4 Å². The average molecular weight is 457 g/mol. The lowest BCUT2D eigenvalue weighted by atomic mass is 9.89. The number of thiophene rings is 1. The maximum Gasteiger partial charge on any atom is 0.409 e. The number of amides is 2. The van der Waals surface area contributed by atoms with Crippen LogP contribution >= 0.6 is 11.3 Å². The summed E-state index contributed by atoms with van der Waals surface area (Å²) in [7, 11) is 0. The van der Waals surface area contributed by atoms with Crippen LogP contribution in [-0.2, 0) is 22.4 Å². The lowest BCUT2D eigenvalue weighted by molar-refractivity contribution is -0.111. The fourth-order valence-corrected chi connectivity index (χ4v) is 5.40. The second-order valence-electron chi connectivity index (χ2n) is 8.28. The van der Waals surface area contributed by atoms with Gasteiger partial charge < -0.3 is 25.8 Å². The minimum atomic E-state index is -0.463. The molecular weight excluding hydrogens is 428 g/mol. The number of carbonyl (C=O) groups is 2. The fourth-order valence-electron chi connectivity index (χ4n) is 4.11. The van der Waals surface area contributed by atoms with Gasteiger partial charge in [0.15, 0.2) is 0 Å². The van der Waals surface area contributed by atoms with Gasteiger partial charge in [-0.3, -0.25) is 9.78 Å². The first-order valence-corrected chi connectivity index (χ1v) is 11.7. The summed E-state index contributed by atoms with van der Waals surface area (Å²) in [6.07, 6.45) is 9.68. The number of likely N-dealkylation sites (tertiary alicyclic amines) is 1. The van der Waals surface area contributed by atoms with Gasteiger partial charge in [-0.1, -0.05) is 6.07 Å². The molecule has 2 aliphatic rings. The summed E-state index contributed by atoms with van der Waals surface area (Å²) in [4.78, 5) is 31.3. The number of aliphatic hydroxyl groups is 1. The highest BCUT2D eigenvalue weighted by Crippen LogP contribution is 2.41. The molecule has 1 aliphatic heterocycles. The number of hydrogen-bond donors (Lipinski definition) is 3. The lowest BCUT2D eigenvalue weighted by Crippen LogP contribution is -2.42. The molecule has 2 atom stereocenters. The fraction of sp³-hybridized carbons (Fsp3) is 0.435. The summed E-state index contributed by atoms with van der Waals surface area (Å²) >= 11 is 1.49. The minimum Gasteiger partial charge on any atom is -0.449 e. The van der Waals surface area contributed by atoms with Gasteiger partial charge in [-0.05, 0) is 61.3 Å². The van der Waals surface area contributed by atoms with Crippen LogP contribution in [0.2, 0.25) is 0 Å².